The zero-order valence-electron chi connectivity index (χ0n) is 8.66. The number of hydrogen-bond acceptors (Lipinski definition) is 2. The van der Waals surface area contributed by atoms with E-state index in [1.807, 2.05) is 0 Å². The summed E-state index contributed by atoms with van der Waals surface area (Å²) in [5.74, 6) is -1.17. The highest BCUT2D eigenvalue weighted by Crippen LogP contribution is 2.27. The monoisotopic (exact) mass is 245 g/mol. The van der Waals surface area contributed by atoms with Gasteiger partial charge in [0.15, 0.2) is 0 Å². The van der Waals surface area contributed by atoms with Gasteiger partial charge in [0.05, 0.1) is 15.7 Å². The molecule has 0 amide bonds. The molecule has 1 aromatic rings. The minimum Gasteiger partial charge on any atom is -0.328 e. The zero-order valence-corrected chi connectivity index (χ0v) is 9.47. The maximum atomic E-state index is 13.4. The molecule has 2 nitrogen and oxygen atoms in total. The second-order valence-corrected chi connectivity index (χ2v) is 5.77. The van der Waals surface area contributed by atoms with Crippen molar-refractivity contribution in [3.8, 4) is 0 Å². The highest BCUT2D eigenvalue weighted by atomic mass is 32.2. The quantitative estimate of drug-likeness (QED) is 0.865. The minimum absolute atomic E-state index is 0.0329. The largest absolute Gasteiger partial charge is 0.328 e. The van der Waals surface area contributed by atoms with E-state index < -0.39 is 22.4 Å². The van der Waals surface area contributed by atoms with E-state index in [2.05, 4.69) is 0 Å². The van der Waals surface area contributed by atoms with Crippen LogP contribution in [0.1, 0.15) is 19.3 Å². The van der Waals surface area contributed by atoms with Crippen molar-refractivity contribution in [2.24, 2.45) is 5.73 Å². The van der Waals surface area contributed by atoms with Crippen LogP contribution in [0.2, 0.25) is 0 Å². The van der Waals surface area contributed by atoms with Crippen molar-refractivity contribution < 1.29 is 13.0 Å². The third-order valence-corrected chi connectivity index (χ3v) is 4.62. The Morgan fingerprint density at radius 1 is 1.31 bits per heavy atom. The lowest BCUT2D eigenvalue weighted by Crippen LogP contribution is -2.19. The first-order chi connectivity index (χ1) is 7.58. The van der Waals surface area contributed by atoms with Crippen molar-refractivity contribution in [1.82, 2.24) is 0 Å². The number of rotatable bonds is 2. The van der Waals surface area contributed by atoms with E-state index in [1.54, 1.807) is 0 Å². The average molecular weight is 245 g/mol. The lowest BCUT2D eigenvalue weighted by Gasteiger charge is -2.10. The molecule has 3 atom stereocenters. The summed E-state index contributed by atoms with van der Waals surface area (Å²) in [5.41, 5.74) is 5.71. The Bertz CT molecular complexity index is 424. The number of halogens is 2. The molecule has 1 aliphatic rings. The fourth-order valence-corrected chi connectivity index (χ4v) is 3.60. The van der Waals surface area contributed by atoms with Crippen LogP contribution in [0.25, 0.3) is 0 Å². The highest BCUT2D eigenvalue weighted by Gasteiger charge is 2.29. The highest BCUT2D eigenvalue weighted by molar-refractivity contribution is 7.85. The minimum atomic E-state index is -1.50. The van der Waals surface area contributed by atoms with Crippen molar-refractivity contribution >= 4 is 10.8 Å². The van der Waals surface area contributed by atoms with Gasteiger partial charge in [0.2, 0.25) is 0 Å². The summed E-state index contributed by atoms with van der Waals surface area (Å²) in [7, 11) is -1.50. The molecule has 0 heterocycles. The first-order valence-electron chi connectivity index (χ1n) is 5.19. The second-order valence-electron chi connectivity index (χ2n) is 4.07. The Morgan fingerprint density at radius 3 is 2.69 bits per heavy atom. The Balaban J connectivity index is 2.23. The molecule has 0 bridgehead atoms. The van der Waals surface area contributed by atoms with E-state index in [-0.39, 0.29) is 16.2 Å². The van der Waals surface area contributed by atoms with E-state index in [9.17, 15) is 13.0 Å². The number of hydrogen-bond donors (Lipinski definition) is 1. The summed E-state index contributed by atoms with van der Waals surface area (Å²) in [5, 5.41) is -0.147. The summed E-state index contributed by atoms with van der Waals surface area (Å²) in [6.45, 7) is 0. The Kier molecular flexibility index (Phi) is 3.35. The van der Waals surface area contributed by atoms with Gasteiger partial charge < -0.3 is 5.73 Å². The van der Waals surface area contributed by atoms with Crippen LogP contribution in [0.3, 0.4) is 0 Å². The molecule has 1 fully saturated rings. The van der Waals surface area contributed by atoms with Crippen LogP contribution in [0, 0.1) is 11.6 Å². The molecule has 5 heteroatoms. The van der Waals surface area contributed by atoms with Crippen molar-refractivity contribution in [1.29, 1.82) is 0 Å². The van der Waals surface area contributed by atoms with E-state index >= 15 is 0 Å². The van der Waals surface area contributed by atoms with Gasteiger partial charge in [-0.2, -0.15) is 0 Å². The molecule has 0 aromatic heterocycles. The standard InChI is InChI=1S/C11H13F2NOS/c12-7-1-4-10(13)11(5-7)16(15)9-3-2-8(14)6-9/h1,4-5,8-9H,2-3,6,14H2. The second kappa shape index (κ2) is 4.59. The van der Waals surface area contributed by atoms with Crippen molar-refractivity contribution in [3.63, 3.8) is 0 Å². The van der Waals surface area contributed by atoms with Crippen molar-refractivity contribution in [3.05, 3.63) is 29.8 Å². The summed E-state index contributed by atoms with van der Waals surface area (Å²) in [6, 6.07) is 3.08. The lowest BCUT2D eigenvalue weighted by molar-refractivity contribution is 0.570. The van der Waals surface area contributed by atoms with Gasteiger partial charge in [-0.05, 0) is 37.5 Å². The van der Waals surface area contributed by atoms with Crippen LogP contribution < -0.4 is 5.73 Å². The van der Waals surface area contributed by atoms with Crippen LogP contribution in [0.15, 0.2) is 23.1 Å². The number of benzene rings is 1. The first kappa shape index (κ1) is 11.7. The molecular formula is C11H13F2NOS. The fourth-order valence-electron chi connectivity index (χ4n) is 1.98. The third kappa shape index (κ3) is 2.30. The zero-order chi connectivity index (χ0) is 11.7. The van der Waals surface area contributed by atoms with Gasteiger partial charge in [0.25, 0.3) is 0 Å². The molecule has 2 N–H and O–H groups in total. The fraction of sp³-hybridized carbons (Fsp3) is 0.455. The average Bonchev–Trinajstić information content (AvgIpc) is 2.67. The molecule has 0 aliphatic heterocycles. The smallest absolute Gasteiger partial charge is 0.139 e. The van der Waals surface area contributed by atoms with E-state index in [0.29, 0.717) is 12.8 Å². The first-order valence-corrected chi connectivity index (χ1v) is 6.40. The third-order valence-electron chi connectivity index (χ3n) is 2.84. The van der Waals surface area contributed by atoms with Crippen LogP contribution >= 0.6 is 0 Å². The van der Waals surface area contributed by atoms with Gasteiger partial charge >= 0.3 is 0 Å². The van der Waals surface area contributed by atoms with E-state index in [0.717, 1.165) is 24.6 Å². The van der Waals surface area contributed by atoms with Crippen molar-refractivity contribution in [2.75, 3.05) is 0 Å². The summed E-state index contributed by atoms with van der Waals surface area (Å²) < 4.78 is 38.3. The molecule has 0 radical (unpaired) electrons. The molecule has 0 saturated heterocycles. The lowest BCUT2D eigenvalue weighted by atomic mass is 10.3. The van der Waals surface area contributed by atoms with Gasteiger partial charge in [-0.3, -0.25) is 4.21 Å². The predicted molar refractivity (Wildman–Crippen MR) is 58.4 cm³/mol. The SMILES string of the molecule is NC1CCC(S(=O)c2cc(F)ccc2F)C1. The summed E-state index contributed by atoms with van der Waals surface area (Å²) in [4.78, 5) is -0.0425. The van der Waals surface area contributed by atoms with Crippen LogP contribution in [-0.4, -0.2) is 15.5 Å². The normalized spacial score (nSPS) is 26.9. The predicted octanol–water partition coefficient (Wildman–Crippen LogP) is 1.95. The van der Waals surface area contributed by atoms with Gasteiger partial charge in [0.1, 0.15) is 11.6 Å². The van der Waals surface area contributed by atoms with Gasteiger partial charge in [0, 0.05) is 11.3 Å². The summed E-state index contributed by atoms with van der Waals surface area (Å²) >= 11 is 0. The van der Waals surface area contributed by atoms with Crippen LogP contribution in [0.5, 0.6) is 0 Å². The Morgan fingerprint density at radius 2 is 2.06 bits per heavy atom. The topological polar surface area (TPSA) is 43.1 Å². The van der Waals surface area contributed by atoms with Gasteiger partial charge in [-0.15, -0.1) is 0 Å². The van der Waals surface area contributed by atoms with E-state index in [4.69, 9.17) is 5.73 Å². The molecule has 0 spiro atoms. The van der Waals surface area contributed by atoms with E-state index in [1.165, 1.54) is 0 Å². The Labute approximate surface area is 95.3 Å². The Hall–Kier alpha value is -0.810. The van der Waals surface area contributed by atoms with Gasteiger partial charge in [-0.25, -0.2) is 8.78 Å². The van der Waals surface area contributed by atoms with Gasteiger partial charge in [-0.1, -0.05) is 0 Å². The summed E-state index contributed by atoms with van der Waals surface area (Å²) in [6.07, 6.45) is 2.12. The molecule has 2 rings (SSSR count). The maximum Gasteiger partial charge on any atom is 0.139 e. The number of nitrogens with two attached hydrogens (primary N) is 1. The molecule has 1 aromatic carbocycles. The molecular weight excluding hydrogens is 232 g/mol. The van der Waals surface area contributed by atoms with Crippen LogP contribution in [-0.2, 0) is 10.8 Å². The molecule has 1 saturated carbocycles. The molecule has 1 aliphatic carbocycles. The van der Waals surface area contributed by atoms with Crippen molar-refractivity contribution in [2.45, 2.75) is 35.4 Å². The molecule has 3 unspecified atom stereocenters. The maximum absolute atomic E-state index is 13.4. The molecule has 88 valence electrons. The molecule has 16 heavy (non-hydrogen) atoms. The van der Waals surface area contributed by atoms with Crippen LogP contribution in [0.4, 0.5) is 8.78 Å².